The van der Waals surface area contributed by atoms with Gasteiger partial charge in [-0.05, 0) is 25.3 Å². The first-order valence-corrected chi connectivity index (χ1v) is 6.46. The van der Waals surface area contributed by atoms with E-state index in [1.54, 1.807) is 0 Å². The smallest absolute Gasteiger partial charge is 0.291 e. The summed E-state index contributed by atoms with van der Waals surface area (Å²) in [6.45, 7) is 2.69. The van der Waals surface area contributed by atoms with Crippen LogP contribution in [0.2, 0.25) is 0 Å². The molecule has 1 saturated carbocycles. The van der Waals surface area contributed by atoms with Gasteiger partial charge in [-0.2, -0.15) is 5.10 Å². The topological polar surface area (TPSA) is 61.9 Å². The second kappa shape index (κ2) is 4.84. The van der Waals surface area contributed by atoms with Crippen LogP contribution in [0.5, 0.6) is 0 Å². The van der Waals surface area contributed by atoms with Gasteiger partial charge in [0.05, 0.1) is 0 Å². The van der Waals surface area contributed by atoms with E-state index in [0.717, 1.165) is 18.4 Å². The molecule has 1 amide bonds. The van der Waals surface area contributed by atoms with Crippen molar-refractivity contribution in [3.8, 4) is 0 Å². The molecule has 1 aromatic heterocycles. The third-order valence-corrected chi connectivity index (χ3v) is 3.30. The van der Waals surface area contributed by atoms with E-state index in [1.165, 1.54) is 11.9 Å². The summed E-state index contributed by atoms with van der Waals surface area (Å²) in [7, 11) is 0. The molecule has 1 aromatic carbocycles. The molecule has 0 spiro atoms. The lowest BCUT2D eigenvalue weighted by molar-refractivity contribution is 0.0718. The Bertz CT molecular complexity index is 575. The van der Waals surface area contributed by atoms with Crippen molar-refractivity contribution in [2.45, 2.75) is 32.4 Å². The molecule has 1 aliphatic rings. The van der Waals surface area contributed by atoms with Crippen molar-refractivity contribution in [1.29, 1.82) is 0 Å². The van der Waals surface area contributed by atoms with Crippen LogP contribution >= 0.6 is 0 Å². The Morgan fingerprint density at radius 1 is 1.47 bits per heavy atom. The Labute approximate surface area is 111 Å². The van der Waals surface area contributed by atoms with Crippen molar-refractivity contribution < 1.29 is 4.79 Å². The monoisotopic (exact) mass is 256 g/mol. The minimum absolute atomic E-state index is 0.0680. The molecule has 0 atom stereocenters. The summed E-state index contributed by atoms with van der Waals surface area (Å²) in [6.07, 6.45) is 3.52. The molecule has 1 fully saturated rings. The second-order valence-electron chi connectivity index (χ2n) is 4.99. The highest BCUT2D eigenvalue weighted by Gasteiger charge is 2.34. The van der Waals surface area contributed by atoms with E-state index in [4.69, 9.17) is 0 Å². The van der Waals surface area contributed by atoms with Gasteiger partial charge in [-0.25, -0.2) is 4.98 Å². The number of H-pyrrole nitrogens is 1. The number of aromatic amines is 1. The zero-order valence-corrected chi connectivity index (χ0v) is 10.8. The van der Waals surface area contributed by atoms with Gasteiger partial charge in [0.15, 0.2) is 0 Å². The zero-order chi connectivity index (χ0) is 13.2. The molecule has 1 aliphatic carbocycles. The highest BCUT2D eigenvalue weighted by Crippen LogP contribution is 2.29. The van der Waals surface area contributed by atoms with E-state index in [-0.39, 0.29) is 5.91 Å². The minimum atomic E-state index is -0.0680. The molecule has 5 nitrogen and oxygen atoms in total. The first-order valence-electron chi connectivity index (χ1n) is 6.46. The van der Waals surface area contributed by atoms with Crippen LogP contribution in [0, 0.1) is 6.92 Å². The number of aryl methyl sites for hydroxylation is 1. The maximum Gasteiger partial charge on any atom is 0.291 e. The molecule has 1 N–H and O–H groups in total. The molecule has 98 valence electrons. The van der Waals surface area contributed by atoms with Crippen LogP contribution in [-0.2, 0) is 6.54 Å². The normalized spacial score (nSPS) is 14.4. The third kappa shape index (κ3) is 2.65. The molecule has 2 aromatic rings. The average molecular weight is 256 g/mol. The first kappa shape index (κ1) is 11.9. The van der Waals surface area contributed by atoms with Crippen LogP contribution in [0.4, 0.5) is 0 Å². The van der Waals surface area contributed by atoms with Gasteiger partial charge in [0.25, 0.3) is 5.91 Å². The van der Waals surface area contributed by atoms with Crippen molar-refractivity contribution >= 4 is 5.91 Å². The SMILES string of the molecule is Cc1cccc(CN(C(=O)c2ncn[nH]2)C2CC2)c1. The van der Waals surface area contributed by atoms with Crippen molar-refractivity contribution in [2.75, 3.05) is 0 Å². The summed E-state index contributed by atoms with van der Waals surface area (Å²) in [4.78, 5) is 18.2. The predicted octanol–water partition coefficient (Wildman–Crippen LogP) is 1.92. The molecular weight excluding hydrogens is 240 g/mol. The fourth-order valence-electron chi connectivity index (χ4n) is 2.20. The lowest BCUT2D eigenvalue weighted by Gasteiger charge is -2.21. The van der Waals surface area contributed by atoms with E-state index < -0.39 is 0 Å². The molecule has 0 bridgehead atoms. The van der Waals surface area contributed by atoms with Crippen molar-refractivity contribution in [3.05, 3.63) is 47.5 Å². The van der Waals surface area contributed by atoms with Crippen LogP contribution < -0.4 is 0 Å². The summed E-state index contributed by atoms with van der Waals surface area (Å²) < 4.78 is 0. The Hall–Kier alpha value is -2.17. The van der Waals surface area contributed by atoms with Crippen LogP contribution in [-0.4, -0.2) is 32.0 Å². The largest absolute Gasteiger partial charge is 0.329 e. The number of aromatic nitrogens is 3. The molecule has 0 unspecified atom stereocenters. The summed E-state index contributed by atoms with van der Waals surface area (Å²) in [5, 5.41) is 6.39. The van der Waals surface area contributed by atoms with Gasteiger partial charge in [0, 0.05) is 12.6 Å². The summed E-state index contributed by atoms with van der Waals surface area (Å²) >= 11 is 0. The maximum atomic E-state index is 12.4. The van der Waals surface area contributed by atoms with E-state index in [9.17, 15) is 4.79 Å². The number of carbonyl (C=O) groups is 1. The van der Waals surface area contributed by atoms with Gasteiger partial charge < -0.3 is 4.90 Å². The van der Waals surface area contributed by atoms with E-state index >= 15 is 0 Å². The van der Waals surface area contributed by atoms with Crippen molar-refractivity contribution in [2.24, 2.45) is 0 Å². The van der Waals surface area contributed by atoms with Gasteiger partial charge in [0.1, 0.15) is 6.33 Å². The van der Waals surface area contributed by atoms with Crippen LogP contribution in [0.15, 0.2) is 30.6 Å². The highest BCUT2D eigenvalue weighted by molar-refractivity contribution is 5.90. The quantitative estimate of drug-likeness (QED) is 0.909. The highest BCUT2D eigenvalue weighted by atomic mass is 16.2. The molecule has 0 radical (unpaired) electrons. The number of nitrogens with one attached hydrogen (secondary N) is 1. The van der Waals surface area contributed by atoms with Gasteiger partial charge in [-0.1, -0.05) is 29.8 Å². The lowest BCUT2D eigenvalue weighted by Crippen LogP contribution is -2.33. The molecular formula is C14H16N4O. The standard InChI is InChI=1S/C14H16N4O/c1-10-3-2-4-11(7-10)8-18(12-5-6-12)14(19)13-15-9-16-17-13/h2-4,7,9,12H,5-6,8H2,1H3,(H,15,16,17). The van der Waals surface area contributed by atoms with Crippen LogP contribution in [0.3, 0.4) is 0 Å². The van der Waals surface area contributed by atoms with Crippen LogP contribution in [0.1, 0.15) is 34.6 Å². The summed E-state index contributed by atoms with van der Waals surface area (Å²) in [5.74, 6) is 0.251. The van der Waals surface area contributed by atoms with Gasteiger partial charge in [-0.3, -0.25) is 9.89 Å². The molecule has 3 rings (SSSR count). The number of benzene rings is 1. The summed E-state index contributed by atoms with van der Waals surface area (Å²) in [6, 6.07) is 8.59. The number of nitrogens with zero attached hydrogens (tertiary/aromatic N) is 3. The first-order chi connectivity index (χ1) is 9.24. The van der Waals surface area contributed by atoms with Crippen molar-refractivity contribution in [3.63, 3.8) is 0 Å². The number of hydrogen-bond donors (Lipinski definition) is 1. The fraction of sp³-hybridized carbons (Fsp3) is 0.357. The Balaban J connectivity index is 1.80. The van der Waals surface area contributed by atoms with E-state index in [2.05, 4.69) is 40.3 Å². The molecule has 0 saturated heterocycles. The number of amides is 1. The molecule has 19 heavy (non-hydrogen) atoms. The molecule has 5 heteroatoms. The van der Waals surface area contributed by atoms with Gasteiger partial charge in [-0.15, -0.1) is 0 Å². The third-order valence-electron chi connectivity index (χ3n) is 3.30. The van der Waals surface area contributed by atoms with E-state index in [0.29, 0.717) is 18.4 Å². The Kier molecular flexibility index (Phi) is 3.03. The Morgan fingerprint density at radius 3 is 2.95 bits per heavy atom. The molecule has 0 aliphatic heterocycles. The van der Waals surface area contributed by atoms with Crippen molar-refractivity contribution in [1.82, 2.24) is 20.1 Å². The number of carbonyl (C=O) groups excluding carboxylic acids is 1. The predicted molar refractivity (Wildman–Crippen MR) is 70.5 cm³/mol. The lowest BCUT2D eigenvalue weighted by atomic mass is 10.1. The number of rotatable bonds is 4. The zero-order valence-electron chi connectivity index (χ0n) is 10.8. The van der Waals surface area contributed by atoms with Crippen LogP contribution in [0.25, 0.3) is 0 Å². The van der Waals surface area contributed by atoms with Gasteiger partial charge in [0.2, 0.25) is 5.82 Å². The Morgan fingerprint density at radius 2 is 2.32 bits per heavy atom. The number of hydrogen-bond acceptors (Lipinski definition) is 3. The fourth-order valence-corrected chi connectivity index (χ4v) is 2.20. The summed E-state index contributed by atoms with van der Waals surface area (Å²) in [5.41, 5.74) is 2.36. The minimum Gasteiger partial charge on any atom is -0.329 e. The average Bonchev–Trinajstić information content (AvgIpc) is 3.09. The van der Waals surface area contributed by atoms with Gasteiger partial charge >= 0.3 is 0 Å². The second-order valence-corrected chi connectivity index (χ2v) is 4.99. The van der Waals surface area contributed by atoms with E-state index in [1.807, 2.05) is 11.0 Å². The maximum absolute atomic E-state index is 12.4. The molecule has 1 heterocycles.